The fraction of sp³-hybridized carbons (Fsp3) is 0.167. The molecule has 8 heteroatoms. The highest BCUT2D eigenvalue weighted by Crippen LogP contribution is 2.23. The average molecular weight is 334 g/mol. The molecule has 0 fully saturated rings. The van der Waals surface area contributed by atoms with Crippen LogP contribution in [-0.4, -0.2) is 13.4 Å². The van der Waals surface area contributed by atoms with Crippen molar-refractivity contribution >= 4 is 32.6 Å². The highest BCUT2D eigenvalue weighted by molar-refractivity contribution is 14.1. The molecule has 0 unspecified atom stereocenters. The van der Waals surface area contributed by atoms with Gasteiger partial charge in [0.2, 0.25) is 10.0 Å². The summed E-state index contributed by atoms with van der Waals surface area (Å²) in [7, 11) is -3.88. The largest absolute Gasteiger partial charge is 0.281 e. The molecule has 0 spiro atoms. The molecule has 1 rings (SSSR count). The maximum absolute atomic E-state index is 12.2. The minimum Gasteiger partial charge on any atom is -0.253 e. The van der Waals surface area contributed by atoms with E-state index in [1.807, 2.05) is 0 Å². The van der Waals surface area contributed by atoms with Gasteiger partial charge in [-0.3, -0.25) is 4.98 Å². The first-order valence-electron chi connectivity index (χ1n) is 3.29. The number of hydrogen-bond acceptors (Lipinski definition) is 3. The number of sulfonamides is 1. The molecule has 0 bridgehead atoms. The summed E-state index contributed by atoms with van der Waals surface area (Å²) in [6.45, 7) is 0. The first-order chi connectivity index (χ1) is 6.32. The van der Waals surface area contributed by atoms with Crippen molar-refractivity contribution in [3.8, 4) is 0 Å². The molecule has 14 heavy (non-hydrogen) atoms. The molecule has 0 radical (unpaired) electrons. The number of nitrogens with two attached hydrogens (primary N) is 1. The number of rotatable bonds is 2. The fourth-order valence-electron chi connectivity index (χ4n) is 0.747. The molecule has 0 aliphatic carbocycles. The summed E-state index contributed by atoms with van der Waals surface area (Å²) >= 11 is 1.58. The number of pyridine rings is 1. The van der Waals surface area contributed by atoms with Crippen LogP contribution in [0.15, 0.2) is 17.2 Å². The summed E-state index contributed by atoms with van der Waals surface area (Å²) in [6, 6.07) is 1.06. The molecule has 0 amide bonds. The Labute approximate surface area is 92.7 Å². The van der Waals surface area contributed by atoms with Crippen LogP contribution >= 0.6 is 22.6 Å². The van der Waals surface area contributed by atoms with Crippen LogP contribution in [-0.2, 0) is 10.0 Å². The van der Waals surface area contributed by atoms with E-state index in [2.05, 4.69) is 4.98 Å². The van der Waals surface area contributed by atoms with Crippen LogP contribution in [0.5, 0.6) is 0 Å². The van der Waals surface area contributed by atoms with Crippen molar-refractivity contribution in [3.63, 3.8) is 0 Å². The summed E-state index contributed by atoms with van der Waals surface area (Å²) in [5, 5.41) is 4.79. The highest BCUT2D eigenvalue weighted by atomic mass is 127. The van der Waals surface area contributed by atoms with Crippen LogP contribution in [0.25, 0.3) is 0 Å². The predicted molar refractivity (Wildman–Crippen MR) is 53.3 cm³/mol. The Bertz CT molecular complexity index is 449. The number of nitrogens with zero attached hydrogens (tertiary/aromatic N) is 1. The van der Waals surface area contributed by atoms with Gasteiger partial charge in [0.05, 0.1) is 0 Å². The van der Waals surface area contributed by atoms with Crippen LogP contribution < -0.4 is 5.14 Å². The first-order valence-corrected chi connectivity index (χ1v) is 5.91. The van der Waals surface area contributed by atoms with Crippen molar-refractivity contribution in [1.82, 2.24) is 4.98 Å². The molecule has 4 nitrogen and oxygen atoms in total. The summed E-state index contributed by atoms with van der Waals surface area (Å²) < 4.78 is 46.1. The lowest BCUT2D eigenvalue weighted by molar-refractivity contribution is 0.145. The van der Waals surface area contributed by atoms with Gasteiger partial charge in [-0.25, -0.2) is 22.3 Å². The van der Waals surface area contributed by atoms with Crippen LogP contribution in [0.4, 0.5) is 8.78 Å². The number of primary sulfonamides is 1. The third-order valence-electron chi connectivity index (χ3n) is 1.38. The van der Waals surface area contributed by atoms with Crippen molar-refractivity contribution < 1.29 is 17.2 Å². The van der Waals surface area contributed by atoms with E-state index in [1.54, 1.807) is 22.6 Å². The SMILES string of the molecule is NS(=O)(=O)c1cnc(C(F)F)c(I)c1. The van der Waals surface area contributed by atoms with Gasteiger partial charge in [-0.1, -0.05) is 0 Å². The summed E-state index contributed by atoms with van der Waals surface area (Å²) in [6.07, 6.45) is -1.91. The van der Waals surface area contributed by atoms with Gasteiger partial charge in [0, 0.05) is 9.77 Å². The Morgan fingerprint density at radius 2 is 2.07 bits per heavy atom. The maximum Gasteiger partial charge on any atom is 0.281 e. The molecule has 0 saturated heterocycles. The average Bonchev–Trinajstić information content (AvgIpc) is 2.01. The number of alkyl halides is 2. The van der Waals surface area contributed by atoms with Crippen molar-refractivity contribution in [2.75, 3.05) is 0 Å². The van der Waals surface area contributed by atoms with Crippen LogP contribution in [0.3, 0.4) is 0 Å². The lowest BCUT2D eigenvalue weighted by Crippen LogP contribution is -2.13. The Hall–Kier alpha value is -0.350. The van der Waals surface area contributed by atoms with E-state index in [0.29, 0.717) is 0 Å². The maximum atomic E-state index is 12.2. The van der Waals surface area contributed by atoms with E-state index in [9.17, 15) is 17.2 Å². The van der Waals surface area contributed by atoms with Crippen molar-refractivity contribution in [3.05, 3.63) is 21.5 Å². The summed E-state index contributed by atoms with van der Waals surface area (Å²) in [5.74, 6) is 0. The zero-order chi connectivity index (χ0) is 10.9. The number of halogens is 3. The van der Waals surface area contributed by atoms with E-state index < -0.39 is 22.1 Å². The number of aromatic nitrogens is 1. The molecular formula is C6H5F2IN2O2S. The monoisotopic (exact) mass is 334 g/mol. The topological polar surface area (TPSA) is 73.1 Å². The second kappa shape index (κ2) is 4.03. The second-order valence-corrected chi connectivity index (χ2v) is 5.11. The Kier molecular flexibility index (Phi) is 3.37. The zero-order valence-electron chi connectivity index (χ0n) is 6.62. The first kappa shape index (κ1) is 11.7. The van der Waals surface area contributed by atoms with Crippen molar-refractivity contribution in [2.24, 2.45) is 5.14 Å². The van der Waals surface area contributed by atoms with Gasteiger partial charge in [0.1, 0.15) is 10.6 Å². The van der Waals surface area contributed by atoms with Gasteiger partial charge < -0.3 is 0 Å². The molecular weight excluding hydrogens is 329 g/mol. The fourth-order valence-corrected chi connectivity index (χ4v) is 2.15. The van der Waals surface area contributed by atoms with E-state index in [1.165, 1.54) is 0 Å². The van der Waals surface area contributed by atoms with E-state index in [4.69, 9.17) is 5.14 Å². The Morgan fingerprint density at radius 3 is 2.43 bits per heavy atom. The van der Waals surface area contributed by atoms with Gasteiger partial charge in [-0.05, 0) is 28.7 Å². The van der Waals surface area contributed by atoms with Gasteiger partial charge in [0.25, 0.3) is 6.43 Å². The van der Waals surface area contributed by atoms with E-state index in [0.717, 1.165) is 12.3 Å². The number of hydrogen-bond donors (Lipinski definition) is 1. The lowest BCUT2D eigenvalue weighted by Gasteiger charge is -2.03. The van der Waals surface area contributed by atoms with Gasteiger partial charge in [-0.15, -0.1) is 0 Å². The smallest absolute Gasteiger partial charge is 0.253 e. The molecule has 0 aromatic carbocycles. The van der Waals surface area contributed by atoms with Gasteiger partial charge in [0.15, 0.2) is 0 Å². The van der Waals surface area contributed by atoms with Crippen LogP contribution in [0, 0.1) is 3.57 Å². The third kappa shape index (κ3) is 2.58. The molecule has 0 saturated carbocycles. The van der Waals surface area contributed by atoms with Gasteiger partial charge >= 0.3 is 0 Å². The van der Waals surface area contributed by atoms with E-state index >= 15 is 0 Å². The van der Waals surface area contributed by atoms with Crippen LogP contribution in [0.2, 0.25) is 0 Å². The molecule has 0 aliphatic heterocycles. The zero-order valence-corrected chi connectivity index (χ0v) is 9.59. The summed E-state index contributed by atoms with van der Waals surface area (Å²) in [5.41, 5.74) is -0.446. The van der Waals surface area contributed by atoms with E-state index in [-0.39, 0.29) is 8.47 Å². The van der Waals surface area contributed by atoms with Gasteiger partial charge in [-0.2, -0.15) is 0 Å². The predicted octanol–water partition coefficient (Wildman–Crippen LogP) is 1.27. The highest BCUT2D eigenvalue weighted by Gasteiger charge is 2.16. The molecule has 0 atom stereocenters. The quantitative estimate of drug-likeness (QED) is 0.828. The lowest BCUT2D eigenvalue weighted by atomic mass is 10.4. The minimum atomic E-state index is -3.88. The molecule has 1 aromatic heterocycles. The second-order valence-electron chi connectivity index (χ2n) is 2.38. The molecule has 0 aliphatic rings. The third-order valence-corrected chi connectivity index (χ3v) is 3.12. The Morgan fingerprint density at radius 1 is 1.50 bits per heavy atom. The molecule has 1 aromatic rings. The normalized spacial score (nSPS) is 12.1. The molecule has 1 heterocycles. The van der Waals surface area contributed by atoms with Crippen molar-refractivity contribution in [1.29, 1.82) is 0 Å². The van der Waals surface area contributed by atoms with Crippen LogP contribution in [0.1, 0.15) is 12.1 Å². The summed E-state index contributed by atoms with van der Waals surface area (Å²) in [4.78, 5) is 3.06. The minimum absolute atomic E-state index is 0.0733. The molecule has 78 valence electrons. The van der Waals surface area contributed by atoms with Crippen molar-refractivity contribution in [2.45, 2.75) is 11.3 Å². The molecule has 2 N–H and O–H groups in total. The Balaban J connectivity index is 3.27. The standard InChI is InChI=1S/C6H5F2IN2O2S/c7-6(8)5-4(9)1-3(2-11-5)14(10,12)13/h1-2,6H,(H2,10,12,13).